The van der Waals surface area contributed by atoms with Crippen LogP contribution < -0.4 is 19.7 Å². The highest BCUT2D eigenvalue weighted by molar-refractivity contribution is 5.99. The summed E-state index contributed by atoms with van der Waals surface area (Å²) < 4.78 is 39.0. The van der Waals surface area contributed by atoms with Gasteiger partial charge in [0.05, 0.1) is 18.1 Å². The SMILES string of the molecule is COc1cc(C(=O)OCC(=O)Nc2cccc(N3CCCC3=O)c2)c([N+](=O)[O-])cc1OC(F)F. The molecule has 1 aliphatic rings. The number of rotatable bonds is 9. The average Bonchev–Trinajstić information content (AvgIpc) is 3.22. The zero-order valence-electron chi connectivity index (χ0n) is 17.8. The number of benzene rings is 2. The number of methoxy groups -OCH3 is 1. The summed E-state index contributed by atoms with van der Waals surface area (Å²) >= 11 is 0. The molecule has 0 aliphatic carbocycles. The standard InChI is InChI=1S/C21H19F2N3O8/c1-32-16-9-14(15(26(30)31)10-17(16)34-21(22)23)20(29)33-11-18(27)24-12-4-2-5-13(8-12)25-7-3-6-19(25)28/h2,4-5,8-10,21H,3,6-7,11H2,1H3,(H,24,27). The van der Waals surface area contributed by atoms with Gasteiger partial charge in [-0.3, -0.25) is 19.7 Å². The van der Waals surface area contributed by atoms with Gasteiger partial charge >= 0.3 is 12.6 Å². The van der Waals surface area contributed by atoms with E-state index in [0.29, 0.717) is 30.4 Å². The lowest BCUT2D eigenvalue weighted by Gasteiger charge is -2.16. The Morgan fingerprint density at radius 3 is 2.62 bits per heavy atom. The molecule has 0 saturated carbocycles. The lowest BCUT2D eigenvalue weighted by Crippen LogP contribution is -2.24. The second-order valence-corrected chi connectivity index (χ2v) is 6.98. The number of hydrogen-bond donors (Lipinski definition) is 1. The van der Waals surface area contributed by atoms with Crippen LogP contribution >= 0.6 is 0 Å². The topological polar surface area (TPSA) is 137 Å². The van der Waals surface area contributed by atoms with Gasteiger partial charge in [0.2, 0.25) is 5.91 Å². The van der Waals surface area contributed by atoms with E-state index in [4.69, 9.17) is 9.47 Å². The molecule has 34 heavy (non-hydrogen) atoms. The van der Waals surface area contributed by atoms with Gasteiger partial charge in [0.1, 0.15) is 5.56 Å². The van der Waals surface area contributed by atoms with Gasteiger partial charge in [0.25, 0.3) is 11.6 Å². The summed E-state index contributed by atoms with van der Waals surface area (Å²) in [5, 5.41) is 13.8. The largest absolute Gasteiger partial charge is 0.493 e. The summed E-state index contributed by atoms with van der Waals surface area (Å²) in [6, 6.07) is 7.93. The van der Waals surface area contributed by atoms with Gasteiger partial charge in [-0.1, -0.05) is 6.07 Å². The summed E-state index contributed by atoms with van der Waals surface area (Å²) in [4.78, 5) is 48.4. The third-order valence-electron chi connectivity index (χ3n) is 4.76. The molecule has 13 heteroatoms. The monoisotopic (exact) mass is 479 g/mol. The Labute approximate surface area is 191 Å². The van der Waals surface area contributed by atoms with Crippen LogP contribution in [0.25, 0.3) is 0 Å². The second kappa shape index (κ2) is 10.6. The molecule has 0 atom stereocenters. The minimum atomic E-state index is -3.28. The number of carbonyl (C=O) groups excluding carboxylic acids is 3. The number of esters is 1. The molecule has 2 aromatic carbocycles. The molecule has 180 valence electrons. The molecule has 0 spiro atoms. The number of ether oxygens (including phenoxy) is 3. The van der Waals surface area contributed by atoms with E-state index in [2.05, 4.69) is 10.1 Å². The summed E-state index contributed by atoms with van der Waals surface area (Å²) in [6.45, 7) is -3.50. The fraction of sp³-hybridized carbons (Fsp3) is 0.286. The van der Waals surface area contributed by atoms with E-state index in [-0.39, 0.29) is 11.7 Å². The van der Waals surface area contributed by atoms with Gasteiger partial charge < -0.3 is 24.4 Å². The van der Waals surface area contributed by atoms with Gasteiger partial charge in [-0.05, 0) is 24.6 Å². The van der Waals surface area contributed by atoms with Crippen molar-refractivity contribution in [1.29, 1.82) is 0 Å². The quantitative estimate of drug-likeness (QED) is 0.329. The number of carbonyl (C=O) groups is 3. The number of halogens is 2. The Hall–Kier alpha value is -4.29. The molecule has 1 heterocycles. The minimum absolute atomic E-state index is 0.0283. The molecule has 1 saturated heterocycles. The lowest BCUT2D eigenvalue weighted by atomic mass is 10.1. The van der Waals surface area contributed by atoms with E-state index < -0.39 is 47.0 Å². The van der Waals surface area contributed by atoms with Crippen molar-refractivity contribution >= 4 is 34.8 Å². The average molecular weight is 479 g/mol. The Bertz CT molecular complexity index is 1130. The van der Waals surface area contributed by atoms with Crippen LogP contribution in [-0.4, -0.2) is 49.6 Å². The molecule has 0 bridgehead atoms. The summed E-state index contributed by atoms with van der Waals surface area (Å²) in [5.41, 5.74) is -0.541. The zero-order chi connectivity index (χ0) is 24.8. The first-order valence-corrected chi connectivity index (χ1v) is 9.88. The highest BCUT2D eigenvalue weighted by atomic mass is 19.3. The zero-order valence-corrected chi connectivity index (χ0v) is 17.8. The maximum atomic E-state index is 12.5. The van der Waals surface area contributed by atoms with Crippen LogP contribution in [0, 0.1) is 10.1 Å². The normalized spacial score (nSPS) is 13.1. The second-order valence-electron chi connectivity index (χ2n) is 6.98. The Kier molecular flexibility index (Phi) is 7.56. The predicted molar refractivity (Wildman–Crippen MR) is 113 cm³/mol. The van der Waals surface area contributed by atoms with E-state index in [1.165, 1.54) is 0 Å². The van der Waals surface area contributed by atoms with E-state index in [0.717, 1.165) is 19.6 Å². The molecule has 1 aliphatic heterocycles. The van der Waals surface area contributed by atoms with Crippen LogP contribution in [0.15, 0.2) is 36.4 Å². The van der Waals surface area contributed by atoms with Crippen molar-refractivity contribution in [3.63, 3.8) is 0 Å². The van der Waals surface area contributed by atoms with E-state index >= 15 is 0 Å². The van der Waals surface area contributed by atoms with Gasteiger partial charge in [0.15, 0.2) is 18.1 Å². The van der Waals surface area contributed by atoms with Gasteiger partial charge in [0, 0.05) is 30.4 Å². The Morgan fingerprint density at radius 2 is 2.00 bits per heavy atom. The van der Waals surface area contributed by atoms with E-state index in [9.17, 15) is 33.3 Å². The number of amides is 2. The molecule has 0 aromatic heterocycles. The first-order chi connectivity index (χ1) is 16.2. The third-order valence-corrected chi connectivity index (χ3v) is 4.76. The van der Waals surface area contributed by atoms with Crippen molar-refractivity contribution in [3.05, 3.63) is 52.1 Å². The molecule has 1 N–H and O–H groups in total. The summed E-state index contributed by atoms with van der Waals surface area (Å²) in [7, 11) is 1.09. The fourth-order valence-corrected chi connectivity index (χ4v) is 3.29. The first kappa shape index (κ1) is 24.4. The van der Waals surface area contributed by atoms with Gasteiger partial charge in [-0.2, -0.15) is 8.78 Å². The van der Waals surface area contributed by atoms with Crippen molar-refractivity contribution in [3.8, 4) is 11.5 Å². The predicted octanol–water partition coefficient (Wildman–Crippen LogP) is 3.13. The third kappa shape index (κ3) is 5.74. The molecule has 2 amide bonds. The van der Waals surface area contributed by atoms with Crippen LogP contribution in [0.1, 0.15) is 23.2 Å². The minimum Gasteiger partial charge on any atom is -0.493 e. The van der Waals surface area contributed by atoms with Crippen molar-refractivity contribution in [2.75, 3.05) is 30.5 Å². The highest BCUT2D eigenvalue weighted by Gasteiger charge is 2.27. The number of nitro benzene ring substituents is 1. The summed E-state index contributed by atoms with van der Waals surface area (Å²) in [5.74, 6) is -3.03. The molecule has 3 rings (SSSR count). The van der Waals surface area contributed by atoms with Crippen molar-refractivity contribution in [2.24, 2.45) is 0 Å². The molecular weight excluding hydrogens is 460 g/mol. The first-order valence-electron chi connectivity index (χ1n) is 9.88. The van der Waals surface area contributed by atoms with Crippen LogP contribution in [0.3, 0.4) is 0 Å². The van der Waals surface area contributed by atoms with E-state index in [1.54, 1.807) is 29.2 Å². The van der Waals surface area contributed by atoms with Crippen molar-refractivity contribution in [2.45, 2.75) is 19.5 Å². The van der Waals surface area contributed by atoms with Crippen molar-refractivity contribution < 1.29 is 42.3 Å². The molecule has 1 fully saturated rings. The number of alkyl halides is 2. The maximum Gasteiger partial charge on any atom is 0.387 e. The lowest BCUT2D eigenvalue weighted by molar-refractivity contribution is -0.385. The molecule has 0 unspecified atom stereocenters. The van der Waals surface area contributed by atoms with Crippen LogP contribution in [0.4, 0.5) is 25.8 Å². The van der Waals surface area contributed by atoms with Crippen LogP contribution in [0.2, 0.25) is 0 Å². The van der Waals surface area contributed by atoms with Crippen molar-refractivity contribution in [1.82, 2.24) is 0 Å². The molecular formula is C21H19F2N3O8. The number of nitrogens with one attached hydrogen (secondary N) is 1. The van der Waals surface area contributed by atoms with E-state index in [1.807, 2.05) is 0 Å². The Balaban J connectivity index is 1.69. The smallest absolute Gasteiger partial charge is 0.387 e. The highest BCUT2D eigenvalue weighted by Crippen LogP contribution is 2.36. The number of nitrogens with zero attached hydrogens (tertiary/aromatic N) is 2. The number of nitro groups is 1. The Morgan fingerprint density at radius 1 is 1.24 bits per heavy atom. The summed E-state index contributed by atoms with van der Waals surface area (Å²) in [6.07, 6.45) is 1.18. The fourth-order valence-electron chi connectivity index (χ4n) is 3.29. The molecule has 2 aromatic rings. The number of hydrogen-bond acceptors (Lipinski definition) is 8. The maximum absolute atomic E-state index is 12.5. The van der Waals surface area contributed by atoms with Crippen LogP contribution in [0.5, 0.6) is 11.5 Å². The number of anilines is 2. The van der Waals surface area contributed by atoms with Gasteiger partial charge in [-0.25, -0.2) is 4.79 Å². The van der Waals surface area contributed by atoms with Gasteiger partial charge in [-0.15, -0.1) is 0 Å². The molecule has 11 nitrogen and oxygen atoms in total. The molecule has 0 radical (unpaired) electrons. The van der Waals surface area contributed by atoms with Crippen LogP contribution in [-0.2, 0) is 14.3 Å².